The molecule has 1 amide bonds. The van der Waals surface area contributed by atoms with Gasteiger partial charge < -0.3 is 15.8 Å². The molecule has 2 aliphatic carbocycles. The summed E-state index contributed by atoms with van der Waals surface area (Å²) in [6.07, 6.45) is 13.5. The van der Waals surface area contributed by atoms with Crippen LogP contribution in [0.5, 0.6) is 0 Å². The highest BCUT2D eigenvalue weighted by Gasteiger charge is 2.41. The fourth-order valence-corrected chi connectivity index (χ4v) is 6.95. The molecule has 0 spiro atoms. The molecule has 4 nitrogen and oxygen atoms in total. The van der Waals surface area contributed by atoms with Crippen LogP contribution < -0.4 is 11.1 Å². The first kappa shape index (κ1) is 26.9. The highest BCUT2D eigenvalue weighted by Crippen LogP contribution is 2.41. The Balaban J connectivity index is 1.64. The van der Waals surface area contributed by atoms with Crippen LogP contribution in [0, 0.1) is 5.92 Å². The molecule has 2 aliphatic rings. The lowest BCUT2D eigenvalue weighted by Gasteiger charge is -2.38. The second-order valence-electron chi connectivity index (χ2n) is 10.1. The first-order valence-corrected chi connectivity index (χ1v) is 14.6. The van der Waals surface area contributed by atoms with E-state index in [4.69, 9.17) is 10.5 Å². The first-order chi connectivity index (χ1) is 16.0. The third kappa shape index (κ3) is 8.48. The van der Waals surface area contributed by atoms with Crippen molar-refractivity contribution in [1.29, 1.82) is 0 Å². The van der Waals surface area contributed by atoms with Crippen molar-refractivity contribution in [2.45, 2.75) is 99.7 Å². The zero-order valence-corrected chi connectivity index (χ0v) is 22.1. The maximum absolute atomic E-state index is 12.8. The SMILES string of the molecule is CC(CCCNC1CCCCC1)(OCCC1CCC1)[C@@H](SC(CS)c1ccccc1)C(N)=O. The normalized spacial score (nSPS) is 21.2. The highest BCUT2D eigenvalue weighted by molar-refractivity contribution is 8.01. The Morgan fingerprint density at radius 2 is 1.91 bits per heavy atom. The van der Waals surface area contributed by atoms with Crippen LogP contribution in [-0.2, 0) is 9.53 Å². The minimum Gasteiger partial charge on any atom is -0.374 e. The molecule has 0 radical (unpaired) electrons. The average Bonchev–Trinajstić information content (AvgIpc) is 2.80. The quantitative estimate of drug-likeness (QED) is 0.210. The van der Waals surface area contributed by atoms with Crippen LogP contribution in [-0.4, -0.2) is 41.7 Å². The number of rotatable bonds is 15. The van der Waals surface area contributed by atoms with Crippen LogP contribution in [0.15, 0.2) is 30.3 Å². The van der Waals surface area contributed by atoms with Gasteiger partial charge in [0.1, 0.15) is 5.25 Å². The molecule has 186 valence electrons. The van der Waals surface area contributed by atoms with Gasteiger partial charge in [-0.15, -0.1) is 11.8 Å². The van der Waals surface area contributed by atoms with E-state index in [1.54, 1.807) is 11.8 Å². The minimum absolute atomic E-state index is 0.0990. The van der Waals surface area contributed by atoms with E-state index in [1.807, 2.05) is 18.2 Å². The van der Waals surface area contributed by atoms with Crippen LogP contribution in [0.3, 0.4) is 0 Å². The number of thiol groups is 1. The molecule has 2 unspecified atom stereocenters. The molecule has 3 N–H and O–H groups in total. The molecule has 0 aliphatic heterocycles. The topological polar surface area (TPSA) is 64.3 Å². The fourth-order valence-electron chi connectivity index (χ4n) is 5.14. The number of amides is 1. The molecule has 0 saturated heterocycles. The molecule has 0 heterocycles. The van der Waals surface area contributed by atoms with Crippen molar-refractivity contribution in [1.82, 2.24) is 5.32 Å². The van der Waals surface area contributed by atoms with Crippen molar-refractivity contribution < 1.29 is 9.53 Å². The zero-order chi connectivity index (χ0) is 23.5. The molecular formula is C27H44N2O2S2. The number of nitrogens with one attached hydrogen (secondary N) is 1. The maximum Gasteiger partial charge on any atom is 0.233 e. The number of thioether (sulfide) groups is 1. The Morgan fingerprint density at radius 1 is 1.18 bits per heavy atom. The molecule has 0 aromatic heterocycles. The van der Waals surface area contributed by atoms with E-state index in [-0.39, 0.29) is 11.2 Å². The van der Waals surface area contributed by atoms with Crippen molar-refractivity contribution in [3.8, 4) is 0 Å². The number of carbonyl (C=O) groups is 1. The van der Waals surface area contributed by atoms with Crippen molar-refractivity contribution in [2.24, 2.45) is 11.7 Å². The van der Waals surface area contributed by atoms with Gasteiger partial charge in [0, 0.05) is 23.7 Å². The van der Waals surface area contributed by atoms with Crippen LogP contribution in [0.4, 0.5) is 0 Å². The molecule has 33 heavy (non-hydrogen) atoms. The van der Waals surface area contributed by atoms with Crippen LogP contribution in [0.1, 0.15) is 88.4 Å². The molecule has 1 aromatic carbocycles. The summed E-state index contributed by atoms with van der Waals surface area (Å²) >= 11 is 6.23. The summed E-state index contributed by atoms with van der Waals surface area (Å²) in [5.41, 5.74) is 6.61. The third-order valence-corrected chi connectivity index (χ3v) is 9.90. The number of nitrogens with two attached hydrogens (primary N) is 1. The number of hydrogen-bond donors (Lipinski definition) is 3. The van der Waals surface area contributed by atoms with Gasteiger partial charge in [-0.25, -0.2) is 0 Å². The van der Waals surface area contributed by atoms with Gasteiger partial charge in [0.15, 0.2) is 0 Å². The minimum atomic E-state index is -0.579. The summed E-state index contributed by atoms with van der Waals surface area (Å²) in [6, 6.07) is 11.0. The number of ether oxygens (including phenoxy) is 1. The Labute approximate surface area is 211 Å². The number of hydrogen-bond acceptors (Lipinski definition) is 5. The van der Waals surface area contributed by atoms with E-state index < -0.39 is 10.9 Å². The van der Waals surface area contributed by atoms with E-state index >= 15 is 0 Å². The molecule has 1 aromatic rings. The van der Waals surface area contributed by atoms with Crippen LogP contribution in [0.2, 0.25) is 0 Å². The largest absolute Gasteiger partial charge is 0.374 e. The Bertz CT molecular complexity index is 695. The van der Waals surface area contributed by atoms with Crippen LogP contribution >= 0.6 is 24.4 Å². The van der Waals surface area contributed by atoms with E-state index in [1.165, 1.54) is 56.9 Å². The summed E-state index contributed by atoms with van der Waals surface area (Å²) in [6.45, 7) is 3.78. The van der Waals surface area contributed by atoms with Crippen molar-refractivity contribution >= 4 is 30.3 Å². The summed E-state index contributed by atoms with van der Waals surface area (Å²) in [5, 5.41) is 3.43. The number of carbonyl (C=O) groups excluding carboxylic acids is 1. The standard InChI is InChI=1S/C27H44N2O2S2/c1-27(31-19-16-21-10-8-11-21,17-9-18-29-23-14-6-3-7-15-23)25(26(28)30)33-24(20-32)22-12-4-2-5-13-22/h2,4-5,12-13,21,23-25,29,32H,3,6-11,14-20H2,1H3,(H2,28,30)/t24?,25-,27?/m0/s1. The van der Waals surface area contributed by atoms with E-state index in [9.17, 15) is 4.79 Å². The number of benzene rings is 1. The lowest BCUT2D eigenvalue weighted by Crippen LogP contribution is -2.49. The summed E-state index contributed by atoms with van der Waals surface area (Å²) in [7, 11) is 0. The monoisotopic (exact) mass is 492 g/mol. The number of primary amides is 1. The van der Waals surface area contributed by atoms with Gasteiger partial charge in [-0.2, -0.15) is 12.6 Å². The molecule has 3 rings (SSSR count). The Kier molecular flexibility index (Phi) is 11.4. The molecule has 2 fully saturated rings. The second kappa shape index (κ2) is 14.0. The van der Waals surface area contributed by atoms with Crippen LogP contribution in [0.25, 0.3) is 0 Å². The van der Waals surface area contributed by atoms with Gasteiger partial charge in [-0.3, -0.25) is 4.79 Å². The van der Waals surface area contributed by atoms with E-state index in [0.717, 1.165) is 31.7 Å². The smallest absolute Gasteiger partial charge is 0.233 e. The first-order valence-electron chi connectivity index (χ1n) is 13.0. The van der Waals surface area contributed by atoms with Crippen molar-refractivity contribution in [2.75, 3.05) is 18.9 Å². The summed E-state index contributed by atoms with van der Waals surface area (Å²) in [4.78, 5) is 12.8. The predicted molar refractivity (Wildman–Crippen MR) is 144 cm³/mol. The lowest BCUT2D eigenvalue weighted by molar-refractivity contribution is -0.125. The maximum atomic E-state index is 12.8. The molecular weight excluding hydrogens is 448 g/mol. The van der Waals surface area contributed by atoms with Gasteiger partial charge in [-0.1, -0.05) is 68.9 Å². The van der Waals surface area contributed by atoms with Gasteiger partial charge in [0.05, 0.1) is 5.60 Å². The van der Waals surface area contributed by atoms with Crippen molar-refractivity contribution in [3.05, 3.63) is 35.9 Å². The van der Waals surface area contributed by atoms with Gasteiger partial charge >= 0.3 is 0 Å². The molecule has 3 atom stereocenters. The Hall–Kier alpha value is -0.690. The van der Waals surface area contributed by atoms with Gasteiger partial charge in [-0.05, 0) is 57.1 Å². The fraction of sp³-hybridized carbons (Fsp3) is 0.741. The average molecular weight is 493 g/mol. The van der Waals surface area contributed by atoms with Gasteiger partial charge in [0.25, 0.3) is 0 Å². The van der Waals surface area contributed by atoms with Gasteiger partial charge in [0.2, 0.25) is 5.91 Å². The third-order valence-electron chi connectivity index (χ3n) is 7.52. The molecule has 0 bridgehead atoms. The predicted octanol–water partition coefficient (Wildman–Crippen LogP) is 5.91. The lowest BCUT2D eigenvalue weighted by atomic mass is 9.83. The van der Waals surface area contributed by atoms with E-state index in [0.29, 0.717) is 18.4 Å². The summed E-state index contributed by atoms with van der Waals surface area (Å²) in [5.74, 6) is 1.16. The molecule has 6 heteroatoms. The summed E-state index contributed by atoms with van der Waals surface area (Å²) < 4.78 is 6.56. The molecule has 2 saturated carbocycles. The second-order valence-corrected chi connectivity index (χ2v) is 11.8. The zero-order valence-electron chi connectivity index (χ0n) is 20.3. The van der Waals surface area contributed by atoms with E-state index in [2.05, 4.69) is 37.0 Å². The highest BCUT2D eigenvalue weighted by atomic mass is 32.2. The van der Waals surface area contributed by atoms with Crippen molar-refractivity contribution in [3.63, 3.8) is 0 Å². The Morgan fingerprint density at radius 3 is 2.52 bits per heavy atom.